The number of nitrogens with two attached hydrogens (primary N) is 1. The van der Waals surface area contributed by atoms with Crippen molar-refractivity contribution in [3.8, 4) is 0 Å². The summed E-state index contributed by atoms with van der Waals surface area (Å²) in [5.41, 5.74) is 5.69. The minimum atomic E-state index is -3.47. The predicted molar refractivity (Wildman–Crippen MR) is 79.3 cm³/mol. The second-order valence-corrected chi connectivity index (χ2v) is 6.87. The number of likely N-dealkylation sites (tertiary alicyclic amines) is 1. The third kappa shape index (κ3) is 7.39. The average molecular weight is 330 g/mol. The van der Waals surface area contributed by atoms with Gasteiger partial charge in [0.1, 0.15) is 0 Å². The van der Waals surface area contributed by atoms with E-state index in [1.54, 1.807) is 4.90 Å². The number of carbonyl (C=O) groups is 1. The number of halogens is 1. The molecular weight excluding hydrogens is 306 g/mol. The molecule has 0 bridgehead atoms. The molecule has 120 valence electrons. The van der Waals surface area contributed by atoms with E-state index in [2.05, 4.69) is 4.72 Å². The second-order valence-electron chi connectivity index (χ2n) is 4.95. The Morgan fingerprint density at radius 1 is 1.50 bits per heavy atom. The largest absolute Gasteiger partial charge is 0.378 e. The first-order valence-corrected chi connectivity index (χ1v) is 8.07. The molecule has 3 N–H and O–H groups in total. The molecule has 1 saturated heterocycles. The highest BCUT2D eigenvalue weighted by Crippen LogP contribution is 2.06. The van der Waals surface area contributed by atoms with Gasteiger partial charge >= 0.3 is 0 Å². The molecule has 0 aromatic heterocycles. The maximum absolute atomic E-state index is 11.7. The summed E-state index contributed by atoms with van der Waals surface area (Å²) in [5, 5.41) is 0. The number of hydrogen-bond acceptors (Lipinski definition) is 5. The first-order chi connectivity index (χ1) is 8.80. The smallest absolute Gasteiger partial charge is 0.237 e. The first-order valence-electron chi connectivity index (χ1n) is 6.42. The highest BCUT2D eigenvalue weighted by Gasteiger charge is 2.24. The van der Waals surface area contributed by atoms with Crippen LogP contribution in [0.4, 0.5) is 0 Å². The van der Waals surface area contributed by atoms with Gasteiger partial charge in [0.05, 0.1) is 25.0 Å². The fourth-order valence-corrected chi connectivity index (χ4v) is 2.57. The maximum atomic E-state index is 11.7. The Hall–Kier alpha value is -0.410. The minimum absolute atomic E-state index is 0. The van der Waals surface area contributed by atoms with E-state index in [4.69, 9.17) is 10.5 Å². The van der Waals surface area contributed by atoms with E-state index in [1.165, 1.54) is 0 Å². The van der Waals surface area contributed by atoms with Crippen LogP contribution in [0.2, 0.25) is 0 Å². The number of hydrogen-bond donors (Lipinski definition) is 2. The zero-order valence-electron chi connectivity index (χ0n) is 11.9. The molecule has 0 unspecified atom stereocenters. The van der Waals surface area contributed by atoms with Crippen molar-refractivity contribution in [2.75, 3.05) is 32.0 Å². The molecular formula is C11H24ClN3O4S. The van der Waals surface area contributed by atoms with E-state index >= 15 is 0 Å². The van der Waals surface area contributed by atoms with Gasteiger partial charge in [0.2, 0.25) is 15.9 Å². The molecule has 1 heterocycles. The van der Waals surface area contributed by atoms with E-state index in [-0.39, 0.29) is 49.4 Å². The Kier molecular flexibility index (Phi) is 8.60. The summed E-state index contributed by atoms with van der Waals surface area (Å²) >= 11 is 0. The van der Waals surface area contributed by atoms with E-state index in [1.807, 2.05) is 13.8 Å². The van der Waals surface area contributed by atoms with Gasteiger partial charge in [-0.3, -0.25) is 4.79 Å². The third-order valence-electron chi connectivity index (χ3n) is 2.82. The standard InChI is InChI=1S/C11H23N3O4S.ClH/c1-9(2)18-5-6-19(16,17)13-7-11(15)14-4-3-10(12)8-14;/h9-10,13H,3-8,12H2,1-2H3;1H/t10-;/m1./s1. The van der Waals surface area contributed by atoms with Gasteiger partial charge in [-0.05, 0) is 20.3 Å². The summed E-state index contributed by atoms with van der Waals surface area (Å²) in [6, 6.07) is -0.000000971. The summed E-state index contributed by atoms with van der Waals surface area (Å²) in [6.07, 6.45) is 0.753. The third-order valence-corrected chi connectivity index (χ3v) is 4.11. The van der Waals surface area contributed by atoms with Gasteiger partial charge in [0.25, 0.3) is 0 Å². The molecule has 0 radical (unpaired) electrons. The van der Waals surface area contributed by atoms with Crippen molar-refractivity contribution in [2.45, 2.75) is 32.4 Å². The quantitative estimate of drug-likeness (QED) is 0.644. The lowest BCUT2D eigenvalue weighted by molar-refractivity contribution is -0.128. The highest BCUT2D eigenvalue weighted by molar-refractivity contribution is 7.89. The Balaban J connectivity index is 0.00000361. The molecule has 1 amide bonds. The Labute approximate surface area is 126 Å². The van der Waals surface area contributed by atoms with Crippen LogP contribution in [0.5, 0.6) is 0 Å². The van der Waals surface area contributed by atoms with E-state index in [9.17, 15) is 13.2 Å². The lowest BCUT2D eigenvalue weighted by Crippen LogP contribution is -2.41. The number of amides is 1. The van der Waals surface area contributed by atoms with Crippen molar-refractivity contribution in [3.05, 3.63) is 0 Å². The van der Waals surface area contributed by atoms with Gasteiger partial charge in [-0.2, -0.15) is 0 Å². The Morgan fingerprint density at radius 2 is 2.15 bits per heavy atom. The first kappa shape index (κ1) is 19.6. The fraction of sp³-hybridized carbons (Fsp3) is 0.909. The second kappa shape index (κ2) is 8.78. The summed E-state index contributed by atoms with van der Waals surface area (Å²) in [7, 11) is -3.47. The van der Waals surface area contributed by atoms with Crippen molar-refractivity contribution in [3.63, 3.8) is 0 Å². The number of carbonyl (C=O) groups excluding carboxylic acids is 1. The van der Waals surface area contributed by atoms with Crippen LogP contribution in [0.15, 0.2) is 0 Å². The molecule has 1 aliphatic rings. The van der Waals surface area contributed by atoms with Gasteiger partial charge in [-0.1, -0.05) is 0 Å². The number of rotatable bonds is 7. The summed E-state index contributed by atoms with van der Waals surface area (Å²) in [5.74, 6) is -0.376. The topological polar surface area (TPSA) is 102 Å². The number of nitrogens with zero attached hydrogens (tertiary/aromatic N) is 1. The monoisotopic (exact) mass is 329 g/mol. The fourth-order valence-electron chi connectivity index (χ4n) is 1.76. The Bertz CT molecular complexity index is 402. The lowest BCUT2D eigenvalue weighted by atomic mass is 10.3. The molecule has 0 aromatic carbocycles. The van der Waals surface area contributed by atoms with Crippen molar-refractivity contribution >= 4 is 28.3 Å². The summed E-state index contributed by atoms with van der Waals surface area (Å²) in [4.78, 5) is 13.3. The van der Waals surface area contributed by atoms with Gasteiger partial charge in [-0.25, -0.2) is 13.1 Å². The SMILES string of the molecule is CC(C)OCCS(=O)(=O)NCC(=O)N1CC[C@@H](N)C1.Cl. The lowest BCUT2D eigenvalue weighted by Gasteiger charge is -2.16. The van der Waals surface area contributed by atoms with Crippen LogP contribution in [-0.4, -0.2) is 63.4 Å². The molecule has 1 fully saturated rings. The van der Waals surface area contributed by atoms with Crippen LogP contribution in [-0.2, 0) is 19.6 Å². The van der Waals surface area contributed by atoms with Crippen LogP contribution in [0.1, 0.15) is 20.3 Å². The number of ether oxygens (including phenoxy) is 1. The molecule has 20 heavy (non-hydrogen) atoms. The molecule has 9 heteroatoms. The summed E-state index contributed by atoms with van der Waals surface area (Å²) < 4.78 is 30.7. The van der Waals surface area contributed by atoms with Crippen LogP contribution < -0.4 is 10.5 Å². The van der Waals surface area contributed by atoms with Gasteiger partial charge < -0.3 is 15.4 Å². The molecule has 0 aliphatic carbocycles. The van der Waals surface area contributed by atoms with Gasteiger partial charge in [0.15, 0.2) is 0 Å². The maximum Gasteiger partial charge on any atom is 0.237 e. The van der Waals surface area contributed by atoms with Crippen LogP contribution in [0.25, 0.3) is 0 Å². The molecule has 1 rings (SSSR count). The zero-order chi connectivity index (χ0) is 14.5. The normalized spacial score (nSPS) is 19.2. The highest BCUT2D eigenvalue weighted by atomic mass is 35.5. The van der Waals surface area contributed by atoms with Crippen molar-refractivity contribution in [1.82, 2.24) is 9.62 Å². The van der Waals surface area contributed by atoms with Crippen molar-refractivity contribution in [1.29, 1.82) is 0 Å². The zero-order valence-corrected chi connectivity index (χ0v) is 13.5. The van der Waals surface area contributed by atoms with Crippen LogP contribution >= 0.6 is 12.4 Å². The van der Waals surface area contributed by atoms with Gasteiger partial charge in [0, 0.05) is 19.1 Å². The summed E-state index contributed by atoms with van der Waals surface area (Å²) in [6.45, 7) is 4.67. The minimum Gasteiger partial charge on any atom is -0.378 e. The predicted octanol–water partition coefficient (Wildman–Crippen LogP) is -0.688. The molecule has 0 aromatic rings. The Morgan fingerprint density at radius 3 is 2.65 bits per heavy atom. The average Bonchev–Trinajstić information content (AvgIpc) is 2.72. The molecule has 0 saturated carbocycles. The van der Waals surface area contributed by atoms with Crippen molar-refractivity contribution < 1.29 is 17.9 Å². The van der Waals surface area contributed by atoms with E-state index in [0.717, 1.165) is 6.42 Å². The van der Waals surface area contributed by atoms with Crippen LogP contribution in [0.3, 0.4) is 0 Å². The number of sulfonamides is 1. The molecule has 7 nitrogen and oxygen atoms in total. The van der Waals surface area contributed by atoms with Gasteiger partial charge in [-0.15, -0.1) is 12.4 Å². The number of nitrogens with one attached hydrogen (secondary N) is 1. The van der Waals surface area contributed by atoms with Crippen molar-refractivity contribution in [2.24, 2.45) is 5.73 Å². The van der Waals surface area contributed by atoms with E-state index in [0.29, 0.717) is 13.1 Å². The molecule has 0 spiro atoms. The molecule has 1 aliphatic heterocycles. The van der Waals surface area contributed by atoms with E-state index < -0.39 is 10.0 Å². The molecule has 1 atom stereocenters. The van der Waals surface area contributed by atoms with Crippen LogP contribution in [0, 0.1) is 0 Å².